The van der Waals surface area contributed by atoms with E-state index in [0.29, 0.717) is 11.4 Å². The van der Waals surface area contributed by atoms with E-state index in [1.807, 2.05) is 0 Å². The molecule has 1 heterocycles. The number of piperazine rings is 1. The number of nitrogens with one attached hydrogen (secondary N) is 2. The third-order valence-corrected chi connectivity index (χ3v) is 5.25. The number of hydrogen-bond acceptors (Lipinski definition) is 5. The van der Waals surface area contributed by atoms with Gasteiger partial charge in [-0.1, -0.05) is 24.3 Å². The molecule has 1 saturated heterocycles. The number of ether oxygens (including phenoxy) is 1. The predicted molar refractivity (Wildman–Crippen MR) is 113 cm³/mol. The maximum atomic E-state index is 13.4. The van der Waals surface area contributed by atoms with E-state index in [2.05, 4.69) is 27.5 Å². The minimum Gasteiger partial charge on any atom is -0.495 e. The summed E-state index contributed by atoms with van der Waals surface area (Å²) in [6.45, 7) is 3.69. The molecule has 2 N–H and O–H groups in total. The van der Waals surface area contributed by atoms with Crippen LogP contribution in [0.25, 0.3) is 0 Å². The Balaban J connectivity index is 1.66. The molecule has 0 bridgehead atoms. The van der Waals surface area contributed by atoms with Gasteiger partial charge >= 0.3 is 11.8 Å². The summed E-state index contributed by atoms with van der Waals surface area (Å²) in [5.74, 6) is -1.34. The van der Waals surface area contributed by atoms with E-state index < -0.39 is 11.8 Å². The first kappa shape index (κ1) is 21.7. The van der Waals surface area contributed by atoms with Crippen molar-refractivity contribution < 1.29 is 18.7 Å². The van der Waals surface area contributed by atoms with Crippen molar-refractivity contribution in [3.8, 4) is 5.75 Å². The van der Waals surface area contributed by atoms with E-state index in [1.54, 1.807) is 36.4 Å². The van der Waals surface area contributed by atoms with Gasteiger partial charge in [0, 0.05) is 32.7 Å². The Morgan fingerprint density at radius 3 is 2.37 bits per heavy atom. The van der Waals surface area contributed by atoms with Crippen LogP contribution >= 0.6 is 0 Å². The van der Waals surface area contributed by atoms with Crippen molar-refractivity contribution >= 4 is 17.5 Å². The second-order valence-electron chi connectivity index (χ2n) is 7.27. The fraction of sp³-hybridized carbons (Fsp3) is 0.364. The lowest BCUT2D eigenvalue weighted by Gasteiger charge is -2.38. The topological polar surface area (TPSA) is 73.9 Å². The maximum Gasteiger partial charge on any atom is 0.313 e. The zero-order valence-corrected chi connectivity index (χ0v) is 17.2. The molecule has 0 aromatic heterocycles. The molecule has 2 aromatic rings. The number of rotatable bonds is 6. The molecule has 30 heavy (non-hydrogen) atoms. The Hall–Kier alpha value is -2.97. The fourth-order valence-electron chi connectivity index (χ4n) is 3.47. The summed E-state index contributed by atoms with van der Waals surface area (Å²) < 4.78 is 18.6. The van der Waals surface area contributed by atoms with Crippen LogP contribution in [0.4, 0.5) is 10.1 Å². The molecule has 0 spiro atoms. The zero-order valence-electron chi connectivity index (χ0n) is 17.2. The second-order valence-corrected chi connectivity index (χ2v) is 7.27. The van der Waals surface area contributed by atoms with Crippen molar-refractivity contribution in [1.82, 2.24) is 15.1 Å². The van der Waals surface area contributed by atoms with Gasteiger partial charge in [-0.3, -0.25) is 14.5 Å². The molecule has 2 aromatic carbocycles. The zero-order chi connectivity index (χ0) is 21.5. The van der Waals surface area contributed by atoms with Gasteiger partial charge in [0.15, 0.2) is 0 Å². The average Bonchev–Trinajstić information content (AvgIpc) is 2.76. The summed E-state index contributed by atoms with van der Waals surface area (Å²) in [5.41, 5.74) is 1.32. The Morgan fingerprint density at radius 2 is 1.70 bits per heavy atom. The monoisotopic (exact) mass is 414 g/mol. The number of amides is 2. The average molecular weight is 414 g/mol. The smallest absolute Gasteiger partial charge is 0.313 e. The van der Waals surface area contributed by atoms with Crippen molar-refractivity contribution in [2.24, 2.45) is 0 Å². The Morgan fingerprint density at radius 1 is 1.03 bits per heavy atom. The van der Waals surface area contributed by atoms with Crippen LogP contribution in [0.15, 0.2) is 48.5 Å². The van der Waals surface area contributed by atoms with Crippen LogP contribution in [0, 0.1) is 5.82 Å². The fourth-order valence-corrected chi connectivity index (χ4v) is 3.47. The van der Waals surface area contributed by atoms with Crippen molar-refractivity contribution in [3.63, 3.8) is 0 Å². The van der Waals surface area contributed by atoms with E-state index in [0.717, 1.165) is 31.7 Å². The molecule has 1 aliphatic rings. The Kier molecular flexibility index (Phi) is 7.37. The maximum absolute atomic E-state index is 13.4. The molecule has 0 unspecified atom stereocenters. The lowest BCUT2D eigenvalue weighted by atomic mass is 10.0. The molecule has 7 nitrogen and oxygen atoms in total. The molecule has 0 radical (unpaired) electrons. The molecular weight excluding hydrogens is 387 g/mol. The van der Waals surface area contributed by atoms with Gasteiger partial charge in [0.05, 0.1) is 18.8 Å². The summed E-state index contributed by atoms with van der Waals surface area (Å²) >= 11 is 0. The lowest BCUT2D eigenvalue weighted by Crippen LogP contribution is -2.49. The van der Waals surface area contributed by atoms with Crippen molar-refractivity contribution in [2.75, 3.05) is 52.2 Å². The van der Waals surface area contributed by atoms with Gasteiger partial charge in [-0.25, -0.2) is 4.39 Å². The van der Waals surface area contributed by atoms with E-state index in [-0.39, 0.29) is 18.4 Å². The Bertz CT molecular complexity index is 867. The van der Waals surface area contributed by atoms with Crippen LogP contribution in [-0.4, -0.2) is 68.5 Å². The van der Waals surface area contributed by atoms with E-state index in [9.17, 15) is 14.0 Å². The molecule has 1 aliphatic heterocycles. The van der Waals surface area contributed by atoms with Crippen LogP contribution in [0.2, 0.25) is 0 Å². The highest BCUT2D eigenvalue weighted by Gasteiger charge is 2.25. The molecule has 3 rings (SSSR count). The van der Waals surface area contributed by atoms with Gasteiger partial charge in [0.25, 0.3) is 0 Å². The van der Waals surface area contributed by atoms with E-state index in [1.165, 1.54) is 19.2 Å². The van der Waals surface area contributed by atoms with Crippen molar-refractivity contribution in [3.05, 3.63) is 59.9 Å². The number of anilines is 1. The first-order valence-corrected chi connectivity index (χ1v) is 9.88. The van der Waals surface area contributed by atoms with Gasteiger partial charge in [-0.2, -0.15) is 0 Å². The van der Waals surface area contributed by atoms with Crippen LogP contribution in [0.3, 0.4) is 0 Å². The SMILES string of the molecule is COc1ccccc1NC(=O)C(=O)NC[C@H](c1ccc(F)cc1)N1CCN(C)CC1. The molecular formula is C22H27FN4O3. The first-order chi connectivity index (χ1) is 14.5. The van der Waals surface area contributed by atoms with E-state index >= 15 is 0 Å². The minimum absolute atomic E-state index is 0.151. The first-order valence-electron chi connectivity index (χ1n) is 9.88. The van der Waals surface area contributed by atoms with Crippen LogP contribution in [0.1, 0.15) is 11.6 Å². The quantitative estimate of drug-likeness (QED) is 0.706. The normalized spacial score (nSPS) is 16.0. The largest absolute Gasteiger partial charge is 0.495 e. The van der Waals surface area contributed by atoms with Crippen LogP contribution < -0.4 is 15.4 Å². The summed E-state index contributed by atoms with van der Waals surface area (Å²) in [7, 11) is 3.56. The van der Waals surface area contributed by atoms with Gasteiger partial charge in [-0.15, -0.1) is 0 Å². The summed E-state index contributed by atoms with van der Waals surface area (Å²) in [4.78, 5) is 29.2. The predicted octanol–water partition coefficient (Wildman–Crippen LogP) is 1.88. The number of likely N-dealkylation sites (N-methyl/N-ethyl adjacent to an activating group) is 1. The molecule has 160 valence electrons. The number of halogens is 1. The standard InChI is InChI=1S/C22H27FN4O3/c1-26-11-13-27(14-12-26)19(16-7-9-17(23)10-8-16)15-24-21(28)22(29)25-18-5-3-4-6-20(18)30-2/h3-10,19H,11-15H2,1-2H3,(H,24,28)(H,25,29)/t19-/m1/s1. The highest BCUT2D eigenvalue weighted by Crippen LogP contribution is 2.23. The number of methoxy groups -OCH3 is 1. The summed E-state index contributed by atoms with van der Waals surface area (Å²) in [5, 5.41) is 5.29. The number of hydrogen-bond donors (Lipinski definition) is 2. The van der Waals surface area contributed by atoms with Gasteiger partial charge in [0.1, 0.15) is 11.6 Å². The van der Waals surface area contributed by atoms with Crippen LogP contribution in [0.5, 0.6) is 5.75 Å². The van der Waals surface area contributed by atoms with E-state index in [4.69, 9.17) is 4.74 Å². The highest BCUT2D eigenvalue weighted by molar-refractivity contribution is 6.39. The molecule has 1 atom stereocenters. The molecule has 8 heteroatoms. The molecule has 2 amide bonds. The Labute approximate surface area is 175 Å². The van der Waals surface area contributed by atoms with Gasteiger partial charge in [-0.05, 0) is 36.9 Å². The van der Waals surface area contributed by atoms with Crippen LogP contribution in [-0.2, 0) is 9.59 Å². The summed E-state index contributed by atoms with van der Waals surface area (Å²) in [6.07, 6.45) is 0. The third kappa shape index (κ3) is 5.55. The van der Waals surface area contributed by atoms with Gasteiger partial charge in [0.2, 0.25) is 0 Å². The number of para-hydroxylation sites is 2. The van der Waals surface area contributed by atoms with Crippen molar-refractivity contribution in [2.45, 2.75) is 6.04 Å². The number of carbonyl (C=O) groups excluding carboxylic acids is 2. The van der Waals surface area contributed by atoms with Gasteiger partial charge < -0.3 is 20.3 Å². The number of nitrogens with zero attached hydrogens (tertiary/aromatic N) is 2. The minimum atomic E-state index is -0.768. The van der Waals surface area contributed by atoms with Crippen molar-refractivity contribution in [1.29, 1.82) is 0 Å². The molecule has 1 fully saturated rings. The number of carbonyl (C=O) groups is 2. The molecule has 0 saturated carbocycles. The highest BCUT2D eigenvalue weighted by atomic mass is 19.1. The third-order valence-electron chi connectivity index (χ3n) is 5.25. The number of benzene rings is 2. The second kappa shape index (κ2) is 10.2. The molecule has 0 aliphatic carbocycles. The lowest BCUT2D eigenvalue weighted by molar-refractivity contribution is -0.136. The summed E-state index contributed by atoms with van der Waals surface area (Å²) in [6, 6.07) is 13.0.